The Kier molecular flexibility index (Phi) is 4.30. The van der Waals surface area contributed by atoms with Gasteiger partial charge in [0.15, 0.2) is 0 Å². The van der Waals surface area contributed by atoms with Crippen LogP contribution in [0.1, 0.15) is 28.8 Å². The zero-order valence-corrected chi connectivity index (χ0v) is 16.6. The number of pyridine rings is 1. The molecule has 3 heterocycles. The van der Waals surface area contributed by atoms with Crippen LogP contribution in [-0.4, -0.2) is 56.5 Å². The molecule has 0 N–H and O–H groups in total. The number of para-hydroxylation sites is 1. The van der Waals surface area contributed by atoms with Crippen molar-refractivity contribution in [3.63, 3.8) is 0 Å². The molecule has 7 heteroatoms. The van der Waals surface area contributed by atoms with Crippen molar-refractivity contribution >= 4 is 11.7 Å². The number of likely N-dealkylation sites (N-methyl/N-ethyl adjacent to an activating group) is 1. The molecule has 1 aliphatic heterocycles. The van der Waals surface area contributed by atoms with Gasteiger partial charge in [-0.15, -0.1) is 0 Å². The minimum absolute atomic E-state index is 0.0559. The lowest BCUT2D eigenvalue weighted by atomic mass is 10.0. The third-order valence-electron chi connectivity index (χ3n) is 6.23. The van der Waals surface area contributed by atoms with Crippen LogP contribution >= 0.6 is 0 Å². The first-order chi connectivity index (χ1) is 14.1. The molecule has 0 radical (unpaired) electrons. The number of amides is 1. The number of hydrogen-bond acceptors (Lipinski definition) is 5. The van der Waals surface area contributed by atoms with Gasteiger partial charge in [0.05, 0.1) is 35.7 Å². The molecular formula is C22H24N6O. The molecule has 1 saturated heterocycles. The lowest BCUT2D eigenvalue weighted by Gasteiger charge is -2.39. The number of rotatable bonds is 4. The van der Waals surface area contributed by atoms with Crippen molar-refractivity contribution < 1.29 is 4.79 Å². The van der Waals surface area contributed by atoms with Gasteiger partial charge in [0.1, 0.15) is 5.82 Å². The molecule has 1 saturated carbocycles. The predicted octanol–water partition coefficient (Wildman–Crippen LogP) is 2.71. The Bertz CT molecular complexity index is 1020. The van der Waals surface area contributed by atoms with E-state index in [1.54, 1.807) is 12.4 Å². The molecule has 1 aliphatic carbocycles. The van der Waals surface area contributed by atoms with Gasteiger partial charge < -0.3 is 9.80 Å². The van der Waals surface area contributed by atoms with E-state index in [0.29, 0.717) is 11.5 Å². The second-order valence-corrected chi connectivity index (χ2v) is 8.07. The van der Waals surface area contributed by atoms with Crippen molar-refractivity contribution in [1.29, 1.82) is 0 Å². The highest BCUT2D eigenvalue weighted by molar-refractivity contribution is 5.98. The highest BCUT2D eigenvalue weighted by Crippen LogP contribution is 2.41. The molecule has 7 nitrogen and oxygen atoms in total. The smallest absolute Gasteiger partial charge is 0.256 e. The third kappa shape index (κ3) is 3.06. The molecule has 1 aromatic carbocycles. The van der Waals surface area contributed by atoms with E-state index in [1.807, 2.05) is 42.3 Å². The number of piperidine rings is 1. The molecule has 3 aromatic rings. The third-order valence-corrected chi connectivity index (χ3v) is 6.23. The zero-order valence-electron chi connectivity index (χ0n) is 16.6. The van der Waals surface area contributed by atoms with Crippen molar-refractivity contribution in [2.75, 3.05) is 18.5 Å². The fraction of sp³-hybridized carbons (Fsp3) is 0.364. The summed E-state index contributed by atoms with van der Waals surface area (Å²) in [6.45, 7) is 2.86. The molecule has 29 heavy (non-hydrogen) atoms. The Morgan fingerprint density at radius 3 is 2.62 bits per heavy atom. The summed E-state index contributed by atoms with van der Waals surface area (Å²) in [5, 5.41) is 8.42. The van der Waals surface area contributed by atoms with Crippen molar-refractivity contribution in [1.82, 2.24) is 24.9 Å². The Morgan fingerprint density at radius 2 is 1.90 bits per heavy atom. The first-order valence-corrected chi connectivity index (χ1v) is 10.0. The second-order valence-electron chi connectivity index (χ2n) is 8.07. The molecular weight excluding hydrogens is 364 g/mol. The van der Waals surface area contributed by atoms with Crippen molar-refractivity contribution in [3.05, 3.63) is 66.1 Å². The van der Waals surface area contributed by atoms with Crippen molar-refractivity contribution in [2.24, 2.45) is 5.92 Å². The van der Waals surface area contributed by atoms with Crippen molar-refractivity contribution in [3.8, 4) is 5.69 Å². The van der Waals surface area contributed by atoms with E-state index >= 15 is 0 Å². The van der Waals surface area contributed by atoms with Crippen LogP contribution in [0, 0.1) is 12.8 Å². The number of nitrogens with zero attached hydrogens (tertiary/aromatic N) is 6. The van der Waals surface area contributed by atoms with E-state index in [4.69, 9.17) is 0 Å². The molecule has 2 aromatic heterocycles. The summed E-state index contributed by atoms with van der Waals surface area (Å²) in [5.41, 5.74) is 2.51. The summed E-state index contributed by atoms with van der Waals surface area (Å²) in [5.74, 6) is 1.55. The van der Waals surface area contributed by atoms with Gasteiger partial charge in [0.25, 0.3) is 5.91 Å². The number of fused-ring (bicyclic) bond motifs is 2. The Balaban J connectivity index is 1.42. The van der Waals surface area contributed by atoms with Crippen LogP contribution in [0.15, 0.2) is 55.0 Å². The quantitative estimate of drug-likeness (QED) is 0.687. The number of carbonyl (C=O) groups excluding carboxylic acids is 1. The van der Waals surface area contributed by atoms with Crippen LogP contribution < -0.4 is 4.90 Å². The van der Waals surface area contributed by atoms with Crippen LogP contribution in [-0.2, 0) is 0 Å². The first kappa shape index (κ1) is 17.8. The summed E-state index contributed by atoms with van der Waals surface area (Å²) < 4.78 is 0. The van der Waals surface area contributed by atoms with Crippen molar-refractivity contribution in [2.45, 2.75) is 31.8 Å². The van der Waals surface area contributed by atoms with E-state index in [9.17, 15) is 4.79 Å². The number of aryl methyl sites for hydroxylation is 1. The lowest BCUT2D eigenvalue weighted by molar-refractivity contribution is 0.0682. The molecule has 2 fully saturated rings. The number of carbonyl (C=O) groups is 1. The molecule has 3 atom stereocenters. The maximum Gasteiger partial charge on any atom is 0.256 e. The number of benzene rings is 1. The zero-order chi connectivity index (χ0) is 20.0. The maximum atomic E-state index is 13.5. The predicted molar refractivity (Wildman–Crippen MR) is 110 cm³/mol. The summed E-state index contributed by atoms with van der Waals surface area (Å²) in [7, 11) is 2.09. The Morgan fingerprint density at radius 1 is 1.10 bits per heavy atom. The van der Waals surface area contributed by atoms with Crippen LogP contribution in [0.4, 0.5) is 5.82 Å². The van der Waals surface area contributed by atoms with E-state index in [0.717, 1.165) is 36.5 Å². The molecule has 1 amide bonds. The highest BCUT2D eigenvalue weighted by Gasteiger charge is 2.49. The average Bonchev–Trinajstić information content (AvgIpc) is 3.50. The van der Waals surface area contributed by atoms with Crippen LogP contribution in [0.2, 0.25) is 0 Å². The van der Waals surface area contributed by atoms with Gasteiger partial charge in [-0.3, -0.25) is 4.79 Å². The van der Waals surface area contributed by atoms with E-state index in [-0.39, 0.29) is 18.0 Å². The fourth-order valence-corrected chi connectivity index (χ4v) is 4.80. The van der Waals surface area contributed by atoms with Gasteiger partial charge in [-0.05, 0) is 49.4 Å². The Labute approximate surface area is 170 Å². The van der Waals surface area contributed by atoms with Gasteiger partial charge in [-0.2, -0.15) is 15.0 Å². The number of likely N-dealkylation sites (tertiary alicyclic amines) is 1. The summed E-state index contributed by atoms with van der Waals surface area (Å²) in [6, 6.07) is 12.2. The monoisotopic (exact) mass is 388 g/mol. The topological polar surface area (TPSA) is 67.2 Å². The normalized spacial score (nSPS) is 22.8. The van der Waals surface area contributed by atoms with E-state index in [1.165, 1.54) is 4.80 Å². The fourth-order valence-electron chi connectivity index (χ4n) is 4.80. The minimum Gasteiger partial charge on any atom is -0.355 e. The van der Waals surface area contributed by atoms with E-state index < -0.39 is 0 Å². The number of aromatic nitrogens is 4. The first-order valence-electron chi connectivity index (χ1n) is 10.0. The van der Waals surface area contributed by atoms with Gasteiger partial charge in [-0.1, -0.05) is 18.2 Å². The molecule has 2 bridgehead atoms. The summed E-state index contributed by atoms with van der Waals surface area (Å²) in [4.78, 5) is 23.9. The van der Waals surface area contributed by atoms with Gasteiger partial charge in [0.2, 0.25) is 0 Å². The van der Waals surface area contributed by atoms with E-state index in [2.05, 4.69) is 39.3 Å². The van der Waals surface area contributed by atoms with Crippen LogP contribution in [0.5, 0.6) is 0 Å². The summed E-state index contributed by atoms with van der Waals surface area (Å²) >= 11 is 0. The molecule has 0 spiro atoms. The molecule has 5 rings (SSSR count). The SMILES string of the molecule is Cc1ccc(N(C)C2CC3CC2N(C(=O)c2ccccc2-n2nccn2)C3)nc1. The van der Waals surface area contributed by atoms with Gasteiger partial charge >= 0.3 is 0 Å². The average molecular weight is 388 g/mol. The molecule has 148 valence electrons. The number of anilines is 1. The second kappa shape index (κ2) is 6.99. The highest BCUT2D eigenvalue weighted by atomic mass is 16.2. The largest absolute Gasteiger partial charge is 0.355 e. The Hall–Kier alpha value is -3.22. The number of hydrogen-bond donors (Lipinski definition) is 0. The maximum absolute atomic E-state index is 13.5. The standard InChI is InChI=1S/C22H24N6O/c1-15-7-8-21(23-13-15)26(2)19-11-16-12-20(19)27(14-16)22(29)17-5-3-4-6-18(17)28-24-9-10-25-28/h3-10,13,16,19-20H,11-12,14H2,1-2H3. The minimum atomic E-state index is 0.0559. The lowest BCUT2D eigenvalue weighted by Crippen LogP contribution is -2.51. The van der Waals surface area contributed by atoms with Crippen LogP contribution in [0.3, 0.4) is 0 Å². The summed E-state index contributed by atoms with van der Waals surface area (Å²) in [6.07, 6.45) is 7.30. The van der Waals surface area contributed by atoms with Crippen LogP contribution in [0.25, 0.3) is 5.69 Å². The molecule has 2 aliphatic rings. The molecule has 3 unspecified atom stereocenters. The van der Waals surface area contributed by atoms with Gasteiger partial charge in [0, 0.05) is 19.8 Å². The van der Waals surface area contributed by atoms with Gasteiger partial charge in [-0.25, -0.2) is 4.98 Å².